The molecule has 0 aromatic heterocycles. The van der Waals surface area contributed by atoms with Crippen molar-refractivity contribution in [3.05, 3.63) is 101 Å². The number of fused-ring (bicyclic) bond motifs is 3. The lowest BCUT2D eigenvalue weighted by molar-refractivity contribution is -0.946. The number of piperidine rings is 3. The lowest BCUT2D eigenvalue weighted by Gasteiger charge is -2.60. The minimum atomic E-state index is -0.957. The number of para-hydroxylation sites is 1. The van der Waals surface area contributed by atoms with Crippen LogP contribution in [0.2, 0.25) is 0 Å². The highest BCUT2D eigenvalue weighted by Gasteiger charge is 2.60. The summed E-state index contributed by atoms with van der Waals surface area (Å²) in [6.45, 7) is 9.59. The van der Waals surface area contributed by atoms with Crippen molar-refractivity contribution in [3.8, 4) is 5.75 Å². The Morgan fingerprint density at radius 2 is 1.26 bits per heavy atom. The van der Waals surface area contributed by atoms with Gasteiger partial charge in [0, 0.05) is 31.1 Å². The Bertz CT molecular complexity index is 1020. The number of ether oxygens (including phenoxy) is 1. The fraction of sp³-hybridized carbons (Fsp3) is 0.419. The molecule has 1 N–H and O–H groups in total. The minimum Gasteiger partial charge on any atom is -0.493 e. The van der Waals surface area contributed by atoms with Crippen molar-refractivity contribution in [1.82, 2.24) is 0 Å². The van der Waals surface area contributed by atoms with E-state index in [2.05, 4.69) is 62.4 Å². The zero-order valence-corrected chi connectivity index (χ0v) is 20.7. The van der Waals surface area contributed by atoms with Gasteiger partial charge in [-0.25, -0.2) is 0 Å². The lowest BCUT2D eigenvalue weighted by Crippen LogP contribution is -2.66. The molecule has 6 rings (SSSR count). The molecule has 3 heteroatoms. The van der Waals surface area contributed by atoms with Gasteiger partial charge in [-0.05, 0) is 37.1 Å². The normalized spacial score (nSPS) is 24.2. The number of rotatable bonds is 8. The Kier molecular flexibility index (Phi) is 6.26. The van der Waals surface area contributed by atoms with Gasteiger partial charge in [-0.15, -0.1) is 0 Å². The monoisotopic (exact) mass is 456 g/mol. The summed E-state index contributed by atoms with van der Waals surface area (Å²) >= 11 is 0. The number of aliphatic hydroxyl groups is 1. The molecule has 0 unspecified atom stereocenters. The molecule has 3 aromatic carbocycles. The van der Waals surface area contributed by atoms with Crippen molar-refractivity contribution in [2.45, 2.75) is 45.1 Å². The molecule has 0 atom stereocenters. The quantitative estimate of drug-likeness (QED) is 0.332. The first-order chi connectivity index (χ1) is 16.4. The molecule has 3 aliphatic rings. The van der Waals surface area contributed by atoms with E-state index >= 15 is 0 Å². The smallest absolute Gasteiger partial charge is 0.121 e. The third kappa shape index (κ3) is 4.16. The second kappa shape index (κ2) is 9.20. The SMILES string of the molecule is Cc1ccc(C(O)(c2ccc(C)cc2)C23CC[N+](CCCOc4ccccc4)(CC2)CC3)cc1. The summed E-state index contributed by atoms with van der Waals surface area (Å²) in [5, 5.41) is 12.6. The Morgan fingerprint density at radius 1 is 0.765 bits per heavy atom. The summed E-state index contributed by atoms with van der Waals surface area (Å²) in [6, 6.07) is 27.3. The highest BCUT2D eigenvalue weighted by atomic mass is 16.5. The Morgan fingerprint density at radius 3 is 1.76 bits per heavy atom. The van der Waals surface area contributed by atoms with Crippen LogP contribution in [0.1, 0.15) is 47.9 Å². The summed E-state index contributed by atoms with van der Waals surface area (Å²) in [7, 11) is 0. The van der Waals surface area contributed by atoms with Crippen LogP contribution in [0, 0.1) is 19.3 Å². The number of aryl methyl sites for hydroxylation is 2. The van der Waals surface area contributed by atoms with Gasteiger partial charge in [0.15, 0.2) is 0 Å². The van der Waals surface area contributed by atoms with Gasteiger partial charge in [0.25, 0.3) is 0 Å². The molecular weight excluding hydrogens is 418 g/mol. The van der Waals surface area contributed by atoms with Gasteiger partial charge >= 0.3 is 0 Å². The molecule has 3 aromatic rings. The highest BCUT2D eigenvalue weighted by Crippen LogP contribution is 2.57. The first kappa shape index (κ1) is 23.1. The van der Waals surface area contributed by atoms with Crippen molar-refractivity contribution in [2.24, 2.45) is 5.41 Å². The highest BCUT2D eigenvalue weighted by molar-refractivity contribution is 5.41. The van der Waals surface area contributed by atoms with E-state index in [1.807, 2.05) is 30.3 Å². The van der Waals surface area contributed by atoms with Gasteiger partial charge in [0.1, 0.15) is 11.4 Å². The number of quaternary nitrogens is 1. The van der Waals surface area contributed by atoms with Gasteiger partial charge in [-0.1, -0.05) is 77.9 Å². The molecule has 3 aliphatic heterocycles. The maximum Gasteiger partial charge on any atom is 0.121 e. The number of hydrogen-bond acceptors (Lipinski definition) is 2. The van der Waals surface area contributed by atoms with Gasteiger partial charge in [0.05, 0.1) is 32.8 Å². The van der Waals surface area contributed by atoms with E-state index < -0.39 is 5.60 Å². The Hall–Kier alpha value is -2.62. The second-order valence-electron chi connectivity index (χ2n) is 10.7. The zero-order chi connectivity index (χ0) is 23.7. The van der Waals surface area contributed by atoms with Crippen molar-refractivity contribution >= 4 is 0 Å². The average Bonchev–Trinajstić information content (AvgIpc) is 2.89. The molecule has 3 saturated heterocycles. The molecule has 3 nitrogen and oxygen atoms in total. The van der Waals surface area contributed by atoms with Crippen LogP contribution in [-0.4, -0.2) is 42.4 Å². The Labute approximate surface area is 204 Å². The predicted octanol–water partition coefficient (Wildman–Crippen LogP) is 6.01. The van der Waals surface area contributed by atoms with Gasteiger partial charge in [-0.2, -0.15) is 0 Å². The second-order valence-corrected chi connectivity index (χ2v) is 10.7. The first-order valence-electron chi connectivity index (χ1n) is 12.8. The molecule has 2 bridgehead atoms. The van der Waals surface area contributed by atoms with Crippen LogP contribution in [-0.2, 0) is 5.60 Å². The topological polar surface area (TPSA) is 29.5 Å². The number of benzene rings is 3. The van der Waals surface area contributed by atoms with E-state index in [0.29, 0.717) is 0 Å². The van der Waals surface area contributed by atoms with Crippen molar-refractivity contribution in [3.63, 3.8) is 0 Å². The van der Waals surface area contributed by atoms with E-state index in [1.54, 1.807) is 0 Å². The van der Waals surface area contributed by atoms with E-state index in [9.17, 15) is 5.11 Å². The molecule has 0 aliphatic carbocycles. The molecule has 3 heterocycles. The van der Waals surface area contributed by atoms with Crippen LogP contribution >= 0.6 is 0 Å². The van der Waals surface area contributed by atoms with E-state index in [4.69, 9.17) is 4.74 Å². The summed E-state index contributed by atoms with van der Waals surface area (Å²) in [6.07, 6.45) is 4.25. The number of hydrogen-bond donors (Lipinski definition) is 1. The van der Waals surface area contributed by atoms with Crippen molar-refractivity contribution in [2.75, 3.05) is 32.8 Å². The summed E-state index contributed by atoms with van der Waals surface area (Å²) in [5.41, 5.74) is 3.47. The molecule has 34 heavy (non-hydrogen) atoms. The fourth-order valence-corrected chi connectivity index (χ4v) is 6.42. The maximum atomic E-state index is 12.6. The van der Waals surface area contributed by atoms with Crippen LogP contribution < -0.4 is 4.74 Å². The third-order valence-electron chi connectivity index (χ3n) is 8.69. The summed E-state index contributed by atoms with van der Waals surface area (Å²) in [5.74, 6) is 0.958. The molecule has 178 valence electrons. The van der Waals surface area contributed by atoms with Crippen LogP contribution in [0.3, 0.4) is 0 Å². The largest absolute Gasteiger partial charge is 0.493 e. The maximum absolute atomic E-state index is 12.6. The molecule has 0 spiro atoms. The van der Waals surface area contributed by atoms with Gasteiger partial charge in [0.2, 0.25) is 0 Å². The fourth-order valence-electron chi connectivity index (χ4n) is 6.42. The van der Waals surface area contributed by atoms with Crippen LogP contribution in [0.4, 0.5) is 0 Å². The molecule has 0 radical (unpaired) electrons. The van der Waals surface area contributed by atoms with Crippen molar-refractivity contribution < 1.29 is 14.3 Å². The predicted molar refractivity (Wildman–Crippen MR) is 138 cm³/mol. The summed E-state index contributed by atoms with van der Waals surface area (Å²) in [4.78, 5) is 0. The molecule has 3 fully saturated rings. The average molecular weight is 457 g/mol. The first-order valence-corrected chi connectivity index (χ1v) is 12.8. The standard InChI is InChI=1S/C31H38NO2/c1-25-9-13-27(14-10-25)31(33,28-15-11-26(2)12-16-28)30-17-21-32(22-18-30,23-19-30)20-6-24-34-29-7-4-3-5-8-29/h3-5,7-16,33H,6,17-24H2,1-2H3/q+1. The molecule has 0 saturated carbocycles. The summed E-state index contributed by atoms with van der Waals surface area (Å²) < 4.78 is 7.14. The van der Waals surface area contributed by atoms with E-state index in [-0.39, 0.29) is 5.41 Å². The van der Waals surface area contributed by atoms with E-state index in [1.165, 1.54) is 15.6 Å². The van der Waals surface area contributed by atoms with Crippen LogP contribution in [0.25, 0.3) is 0 Å². The third-order valence-corrected chi connectivity index (χ3v) is 8.69. The minimum absolute atomic E-state index is 0.113. The van der Waals surface area contributed by atoms with Crippen LogP contribution in [0.5, 0.6) is 5.75 Å². The molecule has 0 amide bonds. The lowest BCUT2D eigenvalue weighted by atomic mass is 9.56. The molecular formula is C31H38NO2+. The van der Waals surface area contributed by atoms with Crippen LogP contribution in [0.15, 0.2) is 78.9 Å². The Balaban J connectivity index is 1.33. The van der Waals surface area contributed by atoms with Crippen molar-refractivity contribution in [1.29, 1.82) is 0 Å². The zero-order valence-electron chi connectivity index (χ0n) is 20.7. The number of nitrogens with zero attached hydrogens (tertiary/aromatic N) is 1. The van der Waals surface area contributed by atoms with Gasteiger partial charge in [-0.3, -0.25) is 0 Å². The van der Waals surface area contributed by atoms with E-state index in [0.717, 1.165) is 75.3 Å². The van der Waals surface area contributed by atoms with Gasteiger partial charge < -0.3 is 14.3 Å².